The first-order valence-corrected chi connectivity index (χ1v) is 6.97. The van der Waals surface area contributed by atoms with E-state index in [9.17, 15) is 0 Å². The first kappa shape index (κ1) is 11.1. The molecule has 1 heterocycles. The third-order valence-corrected chi connectivity index (χ3v) is 3.95. The molecule has 0 spiro atoms. The van der Waals surface area contributed by atoms with Gasteiger partial charge in [0.05, 0.1) is 5.75 Å². The van der Waals surface area contributed by atoms with Gasteiger partial charge in [-0.1, -0.05) is 17.7 Å². The summed E-state index contributed by atoms with van der Waals surface area (Å²) < 4.78 is 5.07. The van der Waals surface area contributed by atoms with Crippen LogP contribution in [0.25, 0.3) is 0 Å². The summed E-state index contributed by atoms with van der Waals surface area (Å²) in [6, 6.07) is 8.45. The van der Waals surface area contributed by atoms with Crippen LogP contribution >= 0.6 is 39.2 Å². The van der Waals surface area contributed by atoms with Crippen LogP contribution in [0.1, 0.15) is 11.4 Å². The summed E-state index contributed by atoms with van der Waals surface area (Å²) >= 11 is 6.45. The molecule has 2 aromatic rings. The summed E-state index contributed by atoms with van der Waals surface area (Å²) in [6.07, 6.45) is 0. The van der Waals surface area contributed by atoms with Crippen molar-refractivity contribution in [3.8, 4) is 0 Å². The Kier molecular flexibility index (Phi) is 3.77. The molecule has 15 heavy (non-hydrogen) atoms. The lowest BCUT2D eigenvalue weighted by Crippen LogP contribution is -1.83. The van der Waals surface area contributed by atoms with Crippen molar-refractivity contribution in [1.29, 1.82) is 0 Å². The summed E-state index contributed by atoms with van der Waals surface area (Å²) in [4.78, 5) is 5.52. The van der Waals surface area contributed by atoms with Gasteiger partial charge in [0, 0.05) is 4.90 Å². The van der Waals surface area contributed by atoms with E-state index < -0.39 is 0 Å². The highest BCUT2D eigenvalue weighted by atomic mass is 79.9. The Bertz CT molecular complexity index is 456. The Labute approximate surface area is 105 Å². The van der Waals surface area contributed by atoms with Gasteiger partial charge in [0.25, 0.3) is 0 Å². The number of rotatable bonds is 3. The Balaban J connectivity index is 1.99. The lowest BCUT2D eigenvalue weighted by atomic mass is 10.2. The van der Waals surface area contributed by atoms with Gasteiger partial charge in [0.15, 0.2) is 9.74 Å². The third-order valence-electron chi connectivity index (χ3n) is 1.80. The molecule has 0 aliphatic heterocycles. The van der Waals surface area contributed by atoms with Crippen LogP contribution in [0.5, 0.6) is 0 Å². The van der Waals surface area contributed by atoms with Gasteiger partial charge >= 0.3 is 0 Å². The van der Waals surface area contributed by atoms with E-state index in [0.717, 1.165) is 15.5 Å². The summed E-state index contributed by atoms with van der Waals surface area (Å²) in [7, 11) is 0. The fourth-order valence-electron chi connectivity index (χ4n) is 1.14. The smallest absolute Gasteiger partial charge is 0.179 e. The van der Waals surface area contributed by atoms with Gasteiger partial charge < -0.3 is 0 Å². The van der Waals surface area contributed by atoms with Crippen molar-refractivity contribution in [2.24, 2.45) is 0 Å². The van der Waals surface area contributed by atoms with Gasteiger partial charge in [-0.2, -0.15) is 4.37 Å². The maximum atomic E-state index is 4.25. The molecule has 2 nitrogen and oxygen atoms in total. The molecule has 0 amide bonds. The Morgan fingerprint density at radius 2 is 2.33 bits per heavy atom. The average molecular weight is 301 g/mol. The lowest BCUT2D eigenvalue weighted by molar-refractivity contribution is 1.12. The van der Waals surface area contributed by atoms with Gasteiger partial charge in [-0.25, -0.2) is 4.98 Å². The zero-order valence-corrected chi connectivity index (χ0v) is 11.3. The van der Waals surface area contributed by atoms with Crippen LogP contribution in [0.4, 0.5) is 0 Å². The first-order chi connectivity index (χ1) is 7.24. The minimum Gasteiger partial charge on any atom is -0.212 e. The molecule has 1 aromatic carbocycles. The fraction of sp³-hybridized carbons (Fsp3) is 0.200. The highest BCUT2D eigenvalue weighted by Crippen LogP contribution is 2.23. The maximum Gasteiger partial charge on any atom is 0.179 e. The van der Waals surface area contributed by atoms with Crippen molar-refractivity contribution in [2.75, 3.05) is 0 Å². The van der Waals surface area contributed by atoms with Gasteiger partial charge in [-0.15, -0.1) is 11.8 Å². The molecular weight excluding hydrogens is 292 g/mol. The summed E-state index contributed by atoms with van der Waals surface area (Å²) in [5.74, 6) is 1.71. The summed E-state index contributed by atoms with van der Waals surface area (Å²) in [5, 5.41) is 0. The molecule has 0 saturated carbocycles. The molecule has 0 unspecified atom stereocenters. The zero-order valence-electron chi connectivity index (χ0n) is 8.11. The molecule has 0 saturated heterocycles. The number of halogens is 1. The topological polar surface area (TPSA) is 25.8 Å². The van der Waals surface area contributed by atoms with E-state index in [1.807, 2.05) is 0 Å². The minimum absolute atomic E-state index is 0.825. The largest absolute Gasteiger partial charge is 0.212 e. The molecule has 0 aliphatic rings. The van der Waals surface area contributed by atoms with Gasteiger partial charge in [0.1, 0.15) is 0 Å². The Morgan fingerprint density at radius 1 is 1.47 bits per heavy atom. The molecular formula is C10H9BrN2S2. The van der Waals surface area contributed by atoms with Crippen LogP contribution < -0.4 is 0 Å². The van der Waals surface area contributed by atoms with Crippen LogP contribution in [-0.4, -0.2) is 9.36 Å². The normalized spacial score (nSPS) is 10.5. The van der Waals surface area contributed by atoms with Crippen molar-refractivity contribution in [3.05, 3.63) is 39.6 Å². The number of hydrogen-bond donors (Lipinski definition) is 0. The summed E-state index contributed by atoms with van der Waals surface area (Å²) in [5.41, 5.74) is 1.28. The first-order valence-electron chi connectivity index (χ1n) is 4.41. The van der Waals surface area contributed by atoms with Crippen molar-refractivity contribution >= 4 is 39.2 Å². The molecule has 78 valence electrons. The molecule has 0 atom stereocenters. The van der Waals surface area contributed by atoms with E-state index in [2.05, 4.69) is 56.5 Å². The number of thioether (sulfide) groups is 1. The predicted octanol–water partition coefficient (Wildman–Crippen LogP) is 3.90. The molecule has 0 fully saturated rings. The van der Waals surface area contributed by atoms with Crippen molar-refractivity contribution in [3.63, 3.8) is 0 Å². The van der Waals surface area contributed by atoms with Gasteiger partial charge in [-0.3, -0.25) is 0 Å². The standard InChI is InChI=1S/C10H9BrN2S2/c1-7-3-2-4-8(5-7)14-6-9-12-10(11)15-13-9/h2-5H,6H2,1H3. The van der Waals surface area contributed by atoms with E-state index in [1.165, 1.54) is 22.0 Å². The zero-order chi connectivity index (χ0) is 10.7. The number of nitrogens with zero attached hydrogens (tertiary/aromatic N) is 2. The highest BCUT2D eigenvalue weighted by molar-refractivity contribution is 9.11. The van der Waals surface area contributed by atoms with Crippen LogP contribution in [-0.2, 0) is 5.75 Å². The molecule has 2 rings (SSSR count). The molecule has 5 heteroatoms. The Morgan fingerprint density at radius 3 is 3.00 bits per heavy atom. The third kappa shape index (κ3) is 3.29. The van der Waals surface area contributed by atoms with Gasteiger partial charge in [0.2, 0.25) is 0 Å². The molecule has 0 radical (unpaired) electrons. The second-order valence-electron chi connectivity index (χ2n) is 3.07. The van der Waals surface area contributed by atoms with E-state index in [1.54, 1.807) is 11.8 Å². The molecule has 1 aromatic heterocycles. The maximum absolute atomic E-state index is 4.25. The average Bonchev–Trinajstić information content (AvgIpc) is 2.62. The van der Waals surface area contributed by atoms with Crippen molar-refractivity contribution in [1.82, 2.24) is 9.36 Å². The predicted molar refractivity (Wildman–Crippen MR) is 68.3 cm³/mol. The summed E-state index contributed by atoms with van der Waals surface area (Å²) in [6.45, 7) is 2.10. The monoisotopic (exact) mass is 300 g/mol. The Hall–Kier alpha value is -0.390. The van der Waals surface area contributed by atoms with Crippen LogP contribution in [0, 0.1) is 6.92 Å². The number of aromatic nitrogens is 2. The minimum atomic E-state index is 0.825. The lowest BCUT2D eigenvalue weighted by Gasteiger charge is -1.99. The second kappa shape index (κ2) is 5.09. The van der Waals surface area contributed by atoms with Crippen molar-refractivity contribution < 1.29 is 0 Å². The highest BCUT2D eigenvalue weighted by Gasteiger charge is 2.02. The second-order valence-corrected chi connectivity index (χ2v) is 6.15. The van der Waals surface area contributed by atoms with E-state index in [-0.39, 0.29) is 0 Å². The fourth-order valence-corrected chi connectivity index (χ4v) is 2.95. The SMILES string of the molecule is Cc1cccc(SCc2nsc(Br)n2)c1. The molecule has 0 bridgehead atoms. The van der Waals surface area contributed by atoms with Crippen LogP contribution in [0.15, 0.2) is 33.1 Å². The molecule has 0 aliphatic carbocycles. The van der Waals surface area contributed by atoms with E-state index in [4.69, 9.17) is 0 Å². The van der Waals surface area contributed by atoms with Crippen LogP contribution in [0.2, 0.25) is 0 Å². The number of hydrogen-bond acceptors (Lipinski definition) is 4. The van der Waals surface area contributed by atoms with Gasteiger partial charge in [-0.05, 0) is 46.5 Å². The number of aryl methyl sites for hydroxylation is 1. The number of benzene rings is 1. The van der Waals surface area contributed by atoms with Crippen LogP contribution in [0.3, 0.4) is 0 Å². The van der Waals surface area contributed by atoms with Crippen molar-refractivity contribution in [2.45, 2.75) is 17.6 Å². The van der Waals surface area contributed by atoms with E-state index in [0.29, 0.717) is 0 Å². The molecule has 0 N–H and O–H groups in total. The van der Waals surface area contributed by atoms with E-state index >= 15 is 0 Å². The quantitative estimate of drug-likeness (QED) is 0.804.